The number of halogens is 1. The van der Waals surface area contributed by atoms with Gasteiger partial charge in [-0.05, 0) is 68.1 Å². The van der Waals surface area contributed by atoms with Crippen molar-refractivity contribution in [3.8, 4) is 0 Å². The van der Waals surface area contributed by atoms with E-state index in [4.69, 9.17) is 4.74 Å². The molecule has 6 nitrogen and oxygen atoms in total. The molecule has 3 rings (SSSR count). The summed E-state index contributed by atoms with van der Waals surface area (Å²) in [5, 5.41) is 3.19. The zero-order chi connectivity index (χ0) is 22.1. The van der Waals surface area contributed by atoms with Gasteiger partial charge in [-0.15, -0.1) is 0 Å². The minimum atomic E-state index is -3.94. The quantitative estimate of drug-likeness (QED) is 0.704. The molecule has 2 aromatic carbocycles. The number of Topliss-reactive ketones (excluding diaryl/α,β-unsaturated/α-hetero) is 1. The number of anilines is 1. The molecule has 0 saturated carbocycles. The lowest BCUT2D eigenvalue weighted by atomic mass is 9.91. The van der Waals surface area contributed by atoms with E-state index < -0.39 is 15.8 Å². The van der Waals surface area contributed by atoms with Crippen LogP contribution in [-0.2, 0) is 21.3 Å². The molecular weight excluding hydrogens is 407 g/mol. The van der Waals surface area contributed by atoms with Crippen LogP contribution in [0.2, 0.25) is 0 Å². The number of ether oxygens (including phenoxy) is 1. The monoisotopic (exact) mass is 434 g/mol. The van der Waals surface area contributed by atoms with E-state index in [9.17, 15) is 17.6 Å². The van der Waals surface area contributed by atoms with Crippen LogP contribution in [0, 0.1) is 26.6 Å². The van der Waals surface area contributed by atoms with Crippen LogP contribution in [0.4, 0.5) is 10.1 Å². The molecule has 1 fully saturated rings. The van der Waals surface area contributed by atoms with Gasteiger partial charge in [0, 0.05) is 30.9 Å². The summed E-state index contributed by atoms with van der Waals surface area (Å²) in [6.07, 6.45) is 0. The van der Waals surface area contributed by atoms with Crippen LogP contribution >= 0.6 is 0 Å². The highest BCUT2D eigenvalue weighted by atomic mass is 32.2. The van der Waals surface area contributed by atoms with E-state index in [0.29, 0.717) is 31.0 Å². The minimum Gasteiger partial charge on any atom is -0.381 e. The number of nitrogens with one attached hydrogen (secondary N) is 1. The molecule has 2 aromatic rings. The fraction of sp³-hybridized carbons (Fsp3) is 0.409. The van der Waals surface area contributed by atoms with E-state index in [2.05, 4.69) is 5.32 Å². The van der Waals surface area contributed by atoms with Crippen LogP contribution in [0.5, 0.6) is 0 Å². The van der Waals surface area contributed by atoms with Gasteiger partial charge in [-0.25, -0.2) is 12.8 Å². The third-order valence-corrected chi connectivity index (χ3v) is 7.39. The molecule has 0 aliphatic carbocycles. The zero-order valence-electron chi connectivity index (χ0n) is 17.7. The molecule has 30 heavy (non-hydrogen) atoms. The Kier molecular flexibility index (Phi) is 6.59. The summed E-state index contributed by atoms with van der Waals surface area (Å²) < 4.78 is 46.6. The molecule has 1 saturated heterocycles. The maximum Gasteiger partial charge on any atom is 0.246 e. The molecule has 1 aliphatic heterocycles. The van der Waals surface area contributed by atoms with Gasteiger partial charge in [-0.3, -0.25) is 4.79 Å². The van der Waals surface area contributed by atoms with E-state index in [1.807, 2.05) is 26.8 Å². The van der Waals surface area contributed by atoms with Crippen molar-refractivity contribution >= 4 is 21.5 Å². The predicted octanol–water partition coefficient (Wildman–Crippen LogP) is 3.59. The Morgan fingerprint density at radius 3 is 2.43 bits per heavy atom. The highest BCUT2D eigenvalue weighted by Crippen LogP contribution is 2.26. The van der Waals surface area contributed by atoms with Crippen molar-refractivity contribution in [3.05, 3.63) is 57.9 Å². The number of ketones is 1. The van der Waals surface area contributed by atoms with Crippen LogP contribution in [0.15, 0.2) is 29.2 Å². The summed E-state index contributed by atoms with van der Waals surface area (Å²) in [7, 11) is -3.94. The molecular formula is C22H27FN2O4S. The Labute approximate surface area is 177 Å². The molecule has 8 heteroatoms. The normalized spacial score (nSPS) is 15.2. The number of morpholine rings is 1. The van der Waals surface area contributed by atoms with Gasteiger partial charge in [-0.2, -0.15) is 4.31 Å². The number of carbonyl (C=O) groups excluding carboxylic acids is 1. The molecule has 162 valence electrons. The maximum absolute atomic E-state index is 14.4. The summed E-state index contributed by atoms with van der Waals surface area (Å²) in [5.74, 6) is -0.777. The largest absolute Gasteiger partial charge is 0.381 e. The first-order valence-electron chi connectivity index (χ1n) is 9.85. The maximum atomic E-state index is 14.4. The van der Waals surface area contributed by atoms with E-state index in [0.717, 1.165) is 28.3 Å². The number of benzene rings is 2. The zero-order valence-corrected chi connectivity index (χ0v) is 18.5. The van der Waals surface area contributed by atoms with Crippen molar-refractivity contribution in [3.63, 3.8) is 0 Å². The average molecular weight is 435 g/mol. The van der Waals surface area contributed by atoms with E-state index in [1.54, 1.807) is 6.92 Å². The van der Waals surface area contributed by atoms with Crippen molar-refractivity contribution in [2.24, 2.45) is 0 Å². The second-order valence-corrected chi connectivity index (χ2v) is 9.47. The first-order chi connectivity index (χ1) is 14.1. The molecule has 0 unspecified atom stereocenters. The number of carbonyl (C=O) groups is 1. The molecule has 1 heterocycles. The molecule has 1 N–H and O–H groups in total. The van der Waals surface area contributed by atoms with Gasteiger partial charge in [0.15, 0.2) is 5.78 Å². The van der Waals surface area contributed by atoms with Crippen LogP contribution in [0.25, 0.3) is 0 Å². The summed E-state index contributed by atoms with van der Waals surface area (Å²) in [6, 6.07) is 5.97. The van der Waals surface area contributed by atoms with Crippen LogP contribution < -0.4 is 5.32 Å². The van der Waals surface area contributed by atoms with E-state index >= 15 is 0 Å². The summed E-state index contributed by atoms with van der Waals surface area (Å²) in [6.45, 7) is 8.73. The van der Waals surface area contributed by atoms with Crippen molar-refractivity contribution < 1.29 is 22.3 Å². The van der Waals surface area contributed by atoms with Gasteiger partial charge < -0.3 is 10.1 Å². The lowest BCUT2D eigenvalue weighted by Gasteiger charge is -2.26. The van der Waals surface area contributed by atoms with E-state index in [-0.39, 0.29) is 23.8 Å². The Bertz CT molecular complexity index is 1080. The number of nitrogens with zero attached hydrogens (tertiary/aromatic N) is 1. The Morgan fingerprint density at radius 2 is 1.80 bits per heavy atom. The first kappa shape index (κ1) is 22.4. The Hall–Kier alpha value is -2.29. The van der Waals surface area contributed by atoms with Gasteiger partial charge in [0.25, 0.3) is 0 Å². The molecule has 1 aliphatic rings. The number of sulfonamides is 1. The van der Waals surface area contributed by atoms with Gasteiger partial charge in [0.05, 0.1) is 13.2 Å². The highest BCUT2D eigenvalue weighted by Gasteiger charge is 2.29. The Balaban J connectivity index is 1.88. The molecule has 0 spiro atoms. The van der Waals surface area contributed by atoms with E-state index in [1.165, 1.54) is 16.4 Å². The minimum absolute atomic E-state index is 0.00641. The molecule has 0 amide bonds. The second-order valence-electron chi connectivity index (χ2n) is 7.56. The molecule has 0 aromatic heterocycles. The average Bonchev–Trinajstić information content (AvgIpc) is 2.68. The standard InChI is InChI=1S/C22H27FN2O4S/c1-14-11-15(2)22(17(4)26)16(3)19(14)13-24-18-5-6-20(23)21(12-18)30(27,28)25-7-9-29-10-8-25/h5-6,11-12,24H,7-10,13H2,1-4H3. The fourth-order valence-electron chi connectivity index (χ4n) is 3.97. The third kappa shape index (κ3) is 4.40. The molecule has 0 bridgehead atoms. The first-order valence-corrected chi connectivity index (χ1v) is 11.3. The van der Waals surface area contributed by atoms with Crippen LogP contribution in [0.3, 0.4) is 0 Å². The van der Waals surface area contributed by atoms with Crippen molar-refractivity contribution in [2.45, 2.75) is 39.1 Å². The Morgan fingerprint density at radius 1 is 1.13 bits per heavy atom. The van der Waals surface area contributed by atoms with Gasteiger partial charge >= 0.3 is 0 Å². The van der Waals surface area contributed by atoms with Gasteiger partial charge in [0.2, 0.25) is 10.0 Å². The number of hydrogen-bond donors (Lipinski definition) is 1. The number of aryl methyl sites for hydroxylation is 2. The number of rotatable bonds is 6. The van der Waals surface area contributed by atoms with Crippen LogP contribution in [0.1, 0.15) is 39.5 Å². The smallest absolute Gasteiger partial charge is 0.246 e. The molecule has 0 atom stereocenters. The second kappa shape index (κ2) is 8.83. The van der Waals surface area contributed by atoms with Crippen molar-refractivity contribution in [1.29, 1.82) is 0 Å². The number of hydrogen-bond acceptors (Lipinski definition) is 5. The lowest BCUT2D eigenvalue weighted by molar-refractivity contribution is 0.0729. The summed E-state index contributed by atoms with van der Waals surface area (Å²) in [4.78, 5) is 11.7. The van der Waals surface area contributed by atoms with Crippen molar-refractivity contribution in [1.82, 2.24) is 4.31 Å². The SMILES string of the molecule is CC(=O)c1c(C)cc(C)c(CNc2ccc(F)c(S(=O)(=O)N3CCOCC3)c2)c1C. The summed E-state index contributed by atoms with van der Waals surface area (Å²) >= 11 is 0. The third-order valence-electron chi connectivity index (χ3n) is 5.47. The van der Waals surface area contributed by atoms with Crippen molar-refractivity contribution in [2.75, 3.05) is 31.6 Å². The van der Waals surface area contributed by atoms with Gasteiger partial charge in [-0.1, -0.05) is 6.07 Å². The van der Waals surface area contributed by atoms with Crippen LogP contribution in [-0.4, -0.2) is 44.8 Å². The van der Waals surface area contributed by atoms with Gasteiger partial charge in [0.1, 0.15) is 10.7 Å². The highest BCUT2D eigenvalue weighted by molar-refractivity contribution is 7.89. The summed E-state index contributed by atoms with van der Waals surface area (Å²) in [5.41, 5.74) is 5.02. The fourth-order valence-corrected chi connectivity index (χ4v) is 5.47. The lowest BCUT2D eigenvalue weighted by Crippen LogP contribution is -2.40. The molecule has 0 radical (unpaired) electrons. The predicted molar refractivity (Wildman–Crippen MR) is 114 cm³/mol. The topological polar surface area (TPSA) is 75.7 Å².